The molecule has 1 saturated carbocycles. The zero-order chi connectivity index (χ0) is 14.4. The van der Waals surface area contributed by atoms with Crippen LogP contribution in [-0.2, 0) is 0 Å². The Hall–Kier alpha value is -1.71. The van der Waals surface area contributed by atoms with Gasteiger partial charge in [0, 0.05) is 18.3 Å². The van der Waals surface area contributed by atoms with E-state index in [-0.39, 0.29) is 5.91 Å². The average molecular weight is 286 g/mol. The third-order valence-corrected chi connectivity index (χ3v) is 5.23. The van der Waals surface area contributed by atoms with Gasteiger partial charge >= 0.3 is 0 Å². The van der Waals surface area contributed by atoms with E-state index < -0.39 is 5.82 Å². The van der Waals surface area contributed by atoms with Gasteiger partial charge in [-0.15, -0.1) is 0 Å². The highest BCUT2D eigenvalue weighted by Crippen LogP contribution is 2.43. The van der Waals surface area contributed by atoms with Gasteiger partial charge in [0.2, 0.25) is 0 Å². The number of carbonyl (C=O) groups is 1. The number of aromatic nitrogens is 1. The number of piperidine rings is 1. The SMILES string of the molecule is O=C(c1cncc(F)c1)N1C2CCC1CC(=C1CCC1)C2. The number of halogens is 1. The van der Waals surface area contributed by atoms with Gasteiger partial charge in [-0.1, -0.05) is 11.1 Å². The first-order valence-corrected chi connectivity index (χ1v) is 7.85. The minimum Gasteiger partial charge on any atom is -0.332 e. The molecule has 1 aromatic rings. The molecule has 4 rings (SSSR count). The van der Waals surface area contributed by atoms with E-state index in [1.807, 2.05) is 4.90 Å². The van der Waals surface area contributed by atoms with Gasteiger partial charge in [0.05, 0.1) is 11.8 Å². The first-order valence-electron chi connectivity index (χ1n) is 7.85. The van der Waals surface area contributed by atoms with Crippen molar-refractivity contribution in [2.75, 3.05) is 0 Å². The van der Waals surface area contributed by atoms with Crippen molar-refractivity contribution < 1.29 is 9.18 Å². The van der Waals surface area contributed by atoms with Gasteiger partial charge in [-0.2, -0.15) is 0 Å². The molecule has 21 heavy (non-hydrogen) atoms. The predicted octanol–water partition coefficient (Wildman–Crippen LogP) is 3.47. The first-order chi connectivity index (χ1) is 10.2. The number of pyridine rings is 1. The summed E-state index contributed by atoms with van der Waals surface area (Å²) in [5, 5.41) is 0. The lowest BCUT2D eigenvalue weighted by Crippen LogP contribution is -2.45. The molecule has 3 nitrogen and oxygen atoms in total. The van der Waals surface area contributed by atoms with Gasteiger partial charge in [-0.3, -0.25) is 9.78 Å². The zero-order valence-corrected chi connectivity index (χ0v) is 12.0. The van der Waals surface area contributed by atoms with Crippen molar-refractivity contribution in [3.63, 3.8) is 0 Å². The topological polar surface area (TPSA) is 33.2 Å². The van der Waals surface area contributed by atoms with Gasteiger partial charge in [0.25, 0.3) is 5.91 Å². The molecule has 1 amide bonds. The van der Waals surface area contributed by atoms with E-state index in [9.17, 15) is 9.18 Å². The smallest absolute Gasteiger partial charge is 0.256 e. The summed E-state index contributed by atoms with van der Waals surface area (Å²) in [7, 11) is 0. The fraction of sp³-hybridized carbons (Fsp3) is 0.529. The van der Waals surface area contributed by atoms with Crippen molar-refractivity contribution in [1.29, 1.82) is 0 Å². The van der Waals surface area contributed by atoms with E-state index in [1.165, 1.54) is 31.5 Å². The quantitative estimate of drug-likeness (QED) is 0.741. The maximum atomic E-state index is 13.3. The number of carbonyl (C=O) groups excluding carboxylic acids is 1. The van der Waals surface area contributed by atoms with Crippen molar-refractivity contribution in [3.05, 3.63) is 41.0 Å². The molecule has 2 aliphatic heterocycles. The molecule has 3 aliphatic rings. The van der Waals surface area contributed by atoms with Gasteiger partial charge < -0.3 is 4.90 Å². The molecule has 1 aromatic heterocycles. The summed E-state index contributed by atoms with van der Waals surface area (Å²) in [6, 6.07) is 1.92. The normalized spacial score (nSPS) is 27.8. The van der Waals surface area contributed by atoms with Gasteiger partial charge in [0.1, 0.15) is 5.82 Å². The molecule has 1 aliphatic carbocycles. The summed E-state index contributed by atoms with van der Waals surface area (Å²) in [6.07, 6.45) is 10.7. The van der Waals surface area contributed by atoms with Crippen molar-refractivity contribution in [2.24, 2.45) is 0 Å². The van der Waals surface area contributed by atoms with E-state index in [2.05, 4.69) is 4.98 Å². The van der Waals surface area contributed by atoms with Crippen molar-refractivity contribution in [1.82, 2.24) is 9.88 Å². The van der Waals surface area contributed by atoms with Crippen molar-refractivity contribution in [2.45, 2.75) is 57.0 Å². The van der Waals surface area contributed by atoms with Crippen LogP contribution in [0.4, 0.5) is 4.39 Å². The standard InChI is InChI=1S/C17H19FN2O/c18-14-6-13(9-19-10-14)17(21)20-15-4-5-16(20)8-12(7-15)11-2-1-3-11/h6,9-10,15-16H,1-5,7-8H2. The fourth-order valence-electron chi connectivity index (χ4n) is 4.02. The molecule has 2 saturated heterocycles. The van der Waals surface area contributed by atoms with Crippen LogP contribution in [-0.4, -0.2) is 27.9 Å². The summed E-state index contributed by atoms with van der Waals surface area (Å²) in [6.45, 7) is 0. The number of allylic oxidation sites excluding steroid dienone is 1. The average Bonchev–Trinajstić information content (AvgIpc) is 2.67. The highest BCUT2D eigenvalue weighted by molar-refractivity contribution is 5.94. The molecule has 4 heteroatoms. The maximum Gasteiger partial charge on any atom is 0.256 e. The maximum absolute atomic E-state index is 13.3. The molecule has 2 bridgehead atoms. The van der Waals surface area contributed by atoms with Crippen LogP contribution in [0.1, 0.15) is 55.3 Å². The minimum atomic E-state index is -0.442. The van der Waals surface area contributed by atoms with E-state index >= 15 is 0 Å². The summed E-state index contributed by atoms with van der Waals surface area (Å²) < 4.78 is 13.3. The molecule has 2 unspecified atom stereocenters. The Bertz CT molecular complexity index is 603. The van der Waals surface area contributed by atoms with Crippen LogP contribution < -0.4 is 0 Å². The van der Waals surface area contributed by atoms with Crippen LogP contribution in [0.3, 0.4) is 0 Å². The third-order valence-electron chi connectivity index (χ3n) is 5.23. The Balaban J connectivity index is 1.58. The number of amides is 1. The number of hydrogen-bond donors (Lipinski definition) is 0. The summed E-state index contributed by atoms with van der Waals surface area (Å²) in [5.74, 6) is -0.491. The molecule has 3 heterocycles. The molecule has 0 aromatic carbocycles. The molecule has 3 fully saturated rings. The third kappa shape index (κ3) is 2.17. The monoisotopic (exact) mass is 286 g/mol. The largest absolute Gasteiger partial charge is 0.332 e. The first kappa shape index (κ1) is 13.0. The van der Waals surface area contributed by atoms with E-state index in [1.54, 1.807) is 11.1 Å². The molecule has 0 spiro atoms. The predicted molar refractivity (Wildman–Crippen MR) is 77.3 cm³/mol. The second kappa shape index (κ2) is 4.93. The van der Waals surface area contributed by atoms with E-state index in [4.69, 9.17) is 0 Å². The number of fused-ring (bicyclic) bond motifs is 2. The number of nitrogens with zero attached hydrogens (tertiary/aromatic N) is 2. The summed E-state index contributed by atoms with van der Waals surface area (Å²) in [4.78, 5) is 18.5. The summed E-state index contributed by atoms with van der Waals surface area (Å²) in [5.41, 5.74) is 3.63. The number of rotatable bonds is 1. The second-order valence-corrected chi connectivity index (χ2v) is 6.46. The van der Waals surface area contributed by atoms with Crippen LogP contribution in [0.25, 0.3) is 0 Å². The van der Waals surface area contributed by atoms with E-state index in [0.29, 0.717) is 17.6 Å². The molecular formula is C17H19FN2O. The molecule has 110 valence electrons. The lowest BCUT2D eigenvalue weighted by molar-refractivity contribution is 0.0632. The summed E-state index contributed by atoms with van der Waals surface area (Å²) >= 11 is 0. The molecular weight excluding hydrogens is 267 g/mol. The fourth-order valence-corrected chi connectivity index (χ4v) is 4.02. The second-order valence-electron chi connectivity index (χ2n) is 6.46. The Labute approximate surface area is 123 Å². The lowest BCUT2D eigenvalue weighted by Gasteiger charge is -2.38. The van der Waals surface area contributed by atoms with Gasteiger partial charge in [-0.25, -0.2) is 4.39 Å². The van der Waals surface area contributed by atoms with Crippen LogP contribution in [0.2, 0.25) is 0 Å². The highest BCUT2D eigenvalue weighted by atomic mass is 19.1. The van der Waals surface area contributed by atoms with Crippen molar-refractivity contribution in [3.8, 4) is 0 Å². The number of hydrogen-bond acceptors (Lipinski definition) is 2. The molecule has 0 N–H and O–H groups in total. The van der Waals surface area contributed by atoms with Crippen molar-refractivity contribution >= 4 is 5.91 Å². The van der Waals surface area contributed by atoms with Crippen LogP contribution in [0.15, 0.2) is 29.6 Å². The molecule has 0 radical (unpaired) electrons. The van der Waals surface area contributed by atoms with Gasteiger partial charge in [-0.05, 0) is 51.0 Å². The zero-order valence-electron chi connectivity index (χ0n) is 12.0. The highest BCUT2D eigenvalue weighted by Gasteiger charge is 2.42. The Morgan fingerprint density at radius 1 is 1.14 bits per heavy atom. The lowest BCUT2D eigenvalue weighted by atomic mass is 9.82. The van der Waals surface area contributed by atoms with Crippen LogP contribution in [0, 0.1) is 5.82 Å². The Morgan fingerprint density at radius 3 is 2.43 bits per heavy atom. The minimum absolute atomic E-state index is 0.0489. The van der Waals surface area contributed by atoms with Crippen LogP contribution in [0.5, 0.6) is 0 Å². The van der Waals surface area contributed by atoms with E-state index in [0.717, 1.165) is 31.9 Å². The Morgan fingerprint density at radius 2 is 1.86 bits per heavy atom. The van der Waals surface area contributed by atoms with Gasteiger partial charge in [0.15, 0.2) is 0 Å². The van der Waals surface area contributed by atoms with Crippen LogP contribution >= 0.6 is 0 Å². The Kier molecular flexibility index (Phi) is 3.05. The molecule has 2 atom stereocenters.